The van der Waals surface area contributed by atoms with Crippen LogP contribution in [0.1, 0.15) is 33.1 Å². The summed E-state index contributed by atoms with van der Waals surface area (Å²) in [5, 5.41) is 0.266. The van der Waals surface area contributed by atoms with Crippen molar-refractivity contribution in [2.24, 2.45) is 0 Å². The summed E-state index contributed by atoms with van der Waals surface area (Å²) in [6.45, 7) is 5.04. The molecule has 0 N–H and O–H groups in total. The van der Waals surface area contributed by atoms with Crippen LogP contribution in [0, 0.1) is 6.92 Å². The lowest BCUT2D eigenvalue weighted by molar-refractivity contribution is 0.0597. The maximum Gasteiger partial charge on any atom is 0.257 e. The Morgan fingerprint density at radius 2 is 1.55 bits per heavy atom. The summed E-state index contributed by atoms with van der Waals surface area (Å²) >= 11 is 6.12. The van der Waals surface area contributed by atoms with Crippen molar-refractivity contribution in [1.29, 1.82) is 0 Å². The summed E-state index contributed by atoms with van der Waals surface area (Å²) in [5.41, 5.74) is 4.27. The van der Waals surface area contributed by atoms with Gasteiger partial charge in [-0.05, 0) is 30.2 Å². The number of halogens is 1. The van der Waals surface area contributed by atoms with Crippen molar-refractivity contribution in [2.75, 3.05) is 26.2 Å². The van der Waals surface area contributed by atoms with Gasteiger partial charge in [0.15, 0.2) is 0 Å². The number of nitrogens with zero attached hydrogens (tertiary/aromatic N) is 3. The van der Waals surface area contributed by atoms with Gasteiger partial charge in [-0.15, -0.1) is 0 Å². The normalized spacial score (nSPS) is 15.9. The van der Waals surface area contributed by atoms with Crippen LogP contribution >= 0.6 is 11.6 Å². The van der Waals surface area contributed by atoms with E-state index in [-0.39, 0.29) is 17.1 Å². The van der Waals surface area contributed by atoms with Crippen LogP contribution in [0.25, 0.3) is 0 Å². The van der Waals surface area contributed by atoms with Crippen LogP contribution in [-0.2, 0) is 0 Å². The Kier molecular flexibility index (Phi) is 5.93. The predicted molar refractivity (Wildman–Crippen MR) is 116 cm³/mol. The van der Waals surface area contributed by atoms with Crippen LogP contribution in [-0.4, -0.2) is 46.9 Å². The number of amides is 1. The molecule has 1 aliphatic heterocycles. The highest BCUT2D eigenvalue weighted by molar-refractivity contribution is 6.32. The van der Waals surface area contributed by atoms with Crippen molar-refractivity contribution in [3.05, 3.63) is 100 Å². The minimum atomic E-state index is -0.0469. The first-order chi connectivity index (χ1) is 14.1. The number of aromatic nitrogens is 1. The molecule has 1 atom stereocenters. The number of carbonyl (C=O) groups excluding carboxylic acids is 1. The molecule has 0 bridgehead atoms. The van der Waals surface area contributed by atoms with Gasteiger partial charge in [0.05, 0.1) is 11.6 Å². The van der Waals surface area contributed by atoms with Gasteiger partial charge < -0.3 is 4.90 Å². The van der Waals surface area contributed by atoms with E-state index in [1.165, 1.54) is 16.7 Å². The smallest absolute Gasteiger partial charge is 0.257 e. The molecule has 29 heavy (non-hydrogen) atoms. The van der Waals surface area contributed by atoms with Gasteiger partial charge in [-0.3, -0.25) is 9.69 Å². The van der Waals surface area contributed by atoms with Crippen LogP contribution in [0.5, 0.6) is 0 Å². The van der Waals surface area contributed by atoms with Gasteiger partial charge in [0.2, 0.25) is 0 Å². The van der Waals surface area contributed by atoms with E-state index in [4.69, 9.17) is 11.6 Å². The Hall–Kier alpha value is -2.69. The maximum atomic E-state index is 12.9. The molecule has 1 saturated heterocycles. The number of benzene rings is 2. The third-order valence-corrected chi connectivity index (χ3v) is 5.77. The Balaban J connectivity index is 1.53. The molecular weight excluding hydrogens is 382 g/mol. The van der Waals surface area contributed by atoms with Crippen LogP contribution in [0.3, 0.4) is 0 Å². The third kappa shape index (κ3) is 4.34. The largest absolute Gasteiger partial charge is 0.336 e. The van der Waals surface area contributed by atoms with Gasteiger partial charge in [0.1, 0.15) is 5.15 Å². The molecule has 1 fully saturated rings. The standard InChI is InChI=1S/C24H24ClN3O/c1-18-9-11-20(12-10-18)22(19-6-3-2-4-7-19)27-14-16-28(17-15-27)24(29)21-8-5-13-26-23(21)25/h2-13,22H,14-17H2,1H3. The Labute approximate surface area is 176 Å². The van der Waals surface area contributed by atoms with E-state index in [1.54, 1.807) is 18.3 Å². The highest BCUT2D eigenvalue weighted by Crippen LogP contribution is 2.30. The van der Waals surface area contributed by atoms with Gasteiger partial charge in [0.25, 0.3) is 5.91 Å². The molecule has 1 aliphatic rings. The summed E-state index contributed by atoms with van der Waals surface area (Å²) < 4.78 is 0. The second kappa shape index (κ2) is 8.76. The summed E-state index contributed by atoms with van der Waals surface area (Å²) in [4.78, 5) is 21.2. The molecule has 0 saturated carbocycles. The number of piperazine rings is 1. The molecule has 5 heteroatoms. The van der Waals surface area contributed by atoms with Crippen molar-refractivity contribution < 1.29 is 4.79 Å². The van der Waals surface area contributed by atoms with E-state index < -0.39 is 0 Å². The van der Waals surface area contributed by atoms with Gasteiger partial charge >= 0.3 is 0 Å². The van der Waals surface area contributed by atoms with E-state index in [1.807, 2.05) is 11.0 Å². The first kappa shape index (κ1) is 19.6. The topological polar surface area (TPSA) is 36.4 Å². The summed E-state index contributed by atoms with van der Waals surface area (Å²) in [5.74, 6) is -0.0469. The lowest BCUT2D eigenvalue weighted by Crippen LogP contribution is -2.50. The highest BCUT2D eigenvalue weighted by Gasteiger charge is 2.29. The molecule has 2 aromatic carbocycles. The van der Waals surface area contributed by atoms with E-state index in [0.717, 1.165) is 13.1 Å². The molecule has 0 radical (unpaired) electrons. The molecule has 1 amide bonds. The molecule has 1 aromatic heterocycles. The Morgan fingerprint density at radius 3 is 2.21 bits per heavy atom. The first-order valence-electron chi connectivity index (χ1n) is 9.89. The molecule has 2 heterocycles. The zero-order valence-electron chi connectivity index (χ0n) is 16.5. The fourth-order valence-corrected chi connectivity index (χ4v) is 4.10. The molecule has 148 valence electrons. The quantitative estimate of drug-likeness (QED) is 0.595. The molecule has 3 aromatic rings. The molecule has 1 unspecified atom stereocenters. The minimum absolute atomic E-state index is 0.0469. The van der Waals surface area contributed by atoms with Gasteiger partial charge in [-0.2, -0.15) is 0 Å². The fourth-order valence-electron chi connectivity index (χ4n) is 3.90. The molecule has 0 spiro atoms. The van der Waals surface area contributed by atoms with Gasteiger partial charge in [-0.25, -0.2) is 4.98 Å². The first-order valence-corrected chi connectivity index (χ1v) is 10.3. The van der Waals surface area contributed by atoms with E-state index in [9.17, 15) is 4.79 Å². The number of aryl methyl sites for hydroxylation is 1. The number of carbonyl (C=O) groups is 1. The van der Waals surface area contributed by atoms with E-state index in [2.05, 4.69) is 65.3 Å². The maximum absolute atomic E-state index is 12.9. The van der Waals surface area contributed by atoms with Crippen molar-refractivity contribution >= 4 is 17.5 Å². The van der Waals surface area contributed by atoms with Crippen molar-refractivity contribution in [3.8, 4) is 0 Å². The van der Waals surface area contributed by atoms with Gasteiger partial charge in [0, 0.05) is 32.4 Å². The zero-order valence-corrected chi connectivity index (χ0v) is 17.2. The summed E-state index contributed by atoms with van der Waals surface area (Å²) in [7, 11) is 0. The lowest BCUT2D eigenvalue weighted by atomic mass is 9.95. The summed E-state index contributed by atoms with van der Waals surface area (Å²) in [6, 6.07) is 23.0. The number of hydrogen-bond donors (Lipinski definition) is 0. The van der Waals surface area contributed by atoms with Gasteiger partial charge in [-0.1, -0.05) is 71.8 Å². The second-order valence-corrected chi connectivity index (χ2v) is 7.75. The predicted octanol–water partition coefficient (Wildman–Crippen LogP) is 4.59. The molecule has 4 nitrogen and oxygen atoms in total. The van der Waals surface area contributed by atoms with Crippen LogP contribution in [0.15, 0.2) is 72.9 Å². The average molecular weight is 406 g/mol. The number of rotatable bonds is 4. The van der Waals surface area contributed by atoms with Crippen LogP contribution in [0.4, 0.5) is 0 Å². The van der Waals surface area contributed by atoms with E-state index in [0.29, 0.717) is 18.7 Å². The highest BCUT2D eigenvalue weighted by atomic mass is 35.5. The monoisotopic (exact) mass is 405 g/mol. The van der Waals surface area contributed by atoms with E-state index >= 15 is 0 Å². The molecular formula is C24H24ClN3O. The molecule has 4 rings (SSSR count). The Bertz CT molecular complexity index is 967. The Morgan fingerprint density at radius 1 is 0.897 bits per heavy atom. The lowest BCUT2D eigenvalue weighted by Gasteiger charge is -2.40. The SMILES string of the molecule is Cc1ccc(C(c2ccccc2)N2CCN(C(=O)c3cccnc3Cl)CC2)cc1. The fraction of sp³-hybridized carbons (Fsp3) is 0.250. The number of pyridine rings is 1. The zero-order chi connectivity index (χ0) is 20.2. The molecule has 0 aliphatic carbocycles. The third-order valence-electron chi connectivity index (χ3n) is 5.46. The van der Waals surface area contributed by atoms with Crippen LogP contribution < -0.4 is 0 Å². The second-order valence-electron chi connectivity index (χ2n) is 7.39. The van der Waals surface area contributed by atoms with Crippen molar-refractivity contribution in [2.45, 2.75) is 13.0 Å². The minimum Gasteiger partial charge on any atom is -0.336 e. The average Bonchev–Trinajstić information content (AvgIpc) is 2.76. The van der Waals surface area contributed by atoms with Crippen molar-refractivity contribution in [3.63, 3.8) is 0 Å². The van der Waals surface area contributed by atoms with Crippen LogP contribution in [0.2, 0.25) is 5.15 Å². The number of hydrogen-bond acceptors (Lipinski definition) is 3. The summed E-state index contributed by atoms with van der Waals surface area (Å²) in [6.07, 6.45) is 1.60. The van der Waals surface area contributed by atoms with Crippen molar-refractivity contribution in [1.82, 2.24) is 14.8 Å².